The average molecular weight is 533 g/mol. The lowest BCUT2D eigenvalue weighted by Crippen LogP contribution is -2.29. The predicted octanol–water partition coefficient (Wildman–Crippen LogP) is 6.73. The van der Waals surface area contributed by atoms with Crippen molar-refractivity contribution in [2.75, 3.05) is 4.90 Å². The number of aromatic nitrogens is 1. The lowest BCUT2D eigenvalue weighted by Gasteiger charge is -2.23. The van der Waals surface area contributed by atoms with Crippen molar-refractivity contribution < 1.29 is 18.5 Å². The van der Waals surface area contributed by atoms with Gasteiger partial charge in [0.05, 0.1) is 17.0 Å². The number of halogens is 2. The Morgan fingerprint density at radius 2 is 1.84 bits per heavy atom. The van der Waals surface area contributed by atoms with Gasteiger partial charge in [0.1, 0.15) is 23.7 Å². The molecule has 0 saturated heterocycles. The summed E-state index contributed by atoms with van der Waals surface area (Å²) in [5.74, 6) is 0.786. The van der Waals surface area contributed by atoms with Crippen molar-refractivity contribution in [2.24, 2.45) is 0 Å². The highest BCUT2D eigenvalue weighted by Crippen LogP contribution is 2.41. The van der Waals surface area contributed by atoms with Crippen LogP contribution in [0, 0.1) is 6.92 Å². The van der Waals surface area contributed by atoms with Crippen LogP contribution < -0.4 is 15.1 Å². The van der Waals surface area contributed by atoms with Crippen molar-refractivity contribution >= 4 is 45.9 Å². The number of benzene rings is 3. The zero-order chi connectivity index (χ0) is 25.7. The lowest BCUT2D eigenvalue weighted by atomic mass is 9.98. The number of nitrogens with zero attached hydrogens (tertiary/aromatic N) is 2. The summed E-state index contributed by atoms with van der Waals surface area (Å²) < 4.78 is 17.2. The molecule has 0 fully saturated rings. The largest absolute Gasteiger partial charge is 0.489 e. The summed E-state index contributed by atoms with van der Waals surface area (Å²) in [4.78, 5) is 28.8. The van der Waals surface area contributed by atoms with E-state index >= 15 is 0 Å². The van der Waals surface area contributed by atoms with Crippen molar-refractivity contribution in [1.82, 2.24) is 5.16 Å². The maximum atomic E-state index is 13.7. The van der Waals surface area contributed by atoms with Crippen molar-refractivity contribution in [2.45, 2.75) is 19.6 Å². The Balaban J connectivity index is 1.48. The molecule has 184 valence electrons. The second kappa shape index (κ2) is 9.10. The Kier molecular flexibility index (Phi) is 5.74. The van der Waals surface area contributed by atoms with Crippen molar-refractivity contribution in [3.8, 4) is 5.75 Å². The minimum atomic E-state index is -0.824. The van der Waals surface area contributed by atoms with E-state index in [0.717, 1.165) is 5.56 Å². The van der Waals surface area contributed by atoms with Crippen LogP contribution in [-0.4, -0.2) is 11.1 Å². The number of aryl methyl sites for hydroxylation is 1. The Labute approximate surface area is 220 Å². The van der Waals surface area contributed by atoms with Crippen LogP contribution in [0.1, 0.15) is 39.0 Å². The van der Waals surface area contributed by atoms with E-state index in [2.05, 4.69) is 5.16 Å². The van der Waals surface area contributed by atoms with Crippen LogP contribution in [0.3, 0.4) is 0 Å². The molecule has 5 aromatic rings. The van der Waals surface area contributed by atoms with Crippen LogP contribution in [0.4, 0.5) is 5.82 Å². The van der Waals surface area contributed by atoms with E-state index in [9.17, 15) is 9.59 Å². The van der Waals surface area contributed by atoms with Crippen LogP contribution in [0.5, 0.6) is 5.75 Å². The molecule has 2 aromatic heterocycles. The van der Waals surface area contributed by atoms with Crippen LogP contribution in [0.2, 0.25) is 10.0 Å². The van der Waals surface area contributed by atoms with Crippen LogP contribution in [0.15, 0.2) is 86.5 Å². The van der Waals surface area contributed by atoms with Gasteiger partial charge in [-0.05, 0) is 48.9 Å². The number of carbonyl (C=O) groups is 1. The normalized spacial score (nSPS) is 14.8. The molecule has 3 heterocycles. The maximum absolute atomic E-state index is 13.7. The Morgan fingerprint density at radius 3 is 2.62 bits per heavy atom. The zero-order valence-electron chi connectivity index (χ0n) is 19.4. The summed E-state index contributed by atoms with van der Waals surface area (Å²) in [6.45, 7) is 1.98. The minimum Gasteiger partial charge on any atom is -0.489 e. The van der Waals surface area contributed by atoms with Gasteiger partial charge in [0.25, 0.3) is 5.91 Å². The van der Waals surface area contributed by atoms with Crippen molar-refractivity contribution in [3.05, 3.63) is 121 Å². The second-order valence-electron chi connectivity index (χ2n) is 8.64. The van der Waals surface area contributed by atoms with Gasteiger partial charge in [-0.2, -0.15) is 0 Å². The summed E-state index contributed by atoms with van der Waals surface area (Å²) >= 11 is 12.4. The van der Waals surface area contributed by atoms with Crippen LogP contribution in [0.25, 0.3) is 11.0 Å². The van der Waals surface area contributed by atoms with Gasteiger partial charge in [-0.15, -0.1) is 0 Å². The van der Waals surface area contributed by atoms with Crippen LogP contribution >= 0.6 is 23.2 Å². The first kappa shape index (κ1) is 23.3. The summed E-state index contributed by atoms with van der Waals surface area (Å²) in [5, 5.41) is 5.32. The van der Waals surface area contributed by atoms with Crippen LogP contribution in [-0.2, 0) is 6.61 Å². The molecular formula is C28H18Cl2N2O5. The van der Waals surface area contributed by atoms with E-state index in [1.54, 1.807) is 49.4 Å². The Morgan fingerprint density at radius 1 is 1.00 bits per heavy atom. The molecule has 0 aliphatic carbocycles. The number of amides is 1. The number of ether oxygens (including phenoxy) is 1. The third-order valence-electron chi connectivity index (χ3n) is 6.22. The van der Waals surface area contributed by atoms with Gasteiger partial charge in [-0.3, -0.25) is 14.5 Å². The van der Waals surface area contributed by atoms with E-state index < -0.39 is 11.9 Å². The fourth-order valence-electron chi connectivity index (χ4n) is 4.51. The summed E-state index contributed by atoms with van der Waals surface area (Å²) in [6.07, 6.45) is 0. The molecule has 0 bridgehead atoms. The Hall–Kier alpha value is -4.07. The van der Waals surface area contributed by atoms with E-state index in [4.69, 9.17) is 36.9 Å². The van der Waals surface area contributed by atoms with Gasteiger partial charge >= 0.3 is 0 Å². The molecule has 1 amide bonds. The zero-order valence-corrected chi connectivity index (χ0v) is 20.9. The standard InChI is InChI=1S/C28H18Cl2N2O5/c1-15-11-23(31-37-15)32-25(16-6-4-7-19(12-16)35-14-17-5-2-3-8-21(17)30)24-26(33)20-13-18(29)9-10-22(20)36-27(24)28(32)34/h2-13,25H,14H2,1H3/t25-/m1/s1. The van der Waals surface area contributed by atoms with E-state index in [-0.39, 0.29) is 40.1 Å². The van der Waals surface area contributed by atoms with Gasteiger partial charge in [0, 0.05) is 21.7 Å². The number of hydrogen-bond acceptors (Lipinski definition) is 6. The molecular weight excluding hydrogens is 515 g/mol. The van der Waals surface area contributed by atoms with Gasteiger partial charge in [0.2, 0.25) is 5.76 Å². The number of anilines is 1. The topological polar surface area (TPSA) is 85.8 Å². The molecule has 9 heteroatoms. The molecule has 37 heavy (non-hydrogen) atoms. The summed E-state index contributed by atoms with van der Waals surface area (Å²) in [6, 6.07) is 20.1. The number of fused-ring (bicyclic) bond motifs is 2. The fourth-order valence-corrected chi connectivity index (χ4v) is 4.88. The average Bonchev–Trinajstić information content (AvgIpc) is 3.45. The third kappa shape index (κ3) is 4.06. The predicted molar refractivity (Wildman–Crippen MR) is 140 cm³/mol. The quantitative estimate of drug-likeness (QED) is 0.249. The first-order valence-corrected chi connectivity index (χ1v) is 12.2. The molecule has 0 spiro atoms. The van der Waals surface area contributed by atoms with E-state index in [1.807, 2.05) is 24.3 Å². The molecule has 3 aromatic carbocycles. The highest BCUT2D eigenvalue weighted by molar-refractivity contribution is 6.31. The monoisotopic (exact) mass is 532 g/mol. The molecule has 7 nitrogen and oxygen atoms in total. The lowest BCUT2D eigenvalue weighted by molar-refractivity contribution is 0.0969. The highest BCUT2D eigenvalue weighted by Gasteiger charge is 2.45. The third-order valence-corrected chi connectivity index (χ3v) is 6.82. The SMILES string of the molecule is Cc1cc(N2C(=O)c3oc4ccc(Cl)cc4c(=O)c3[C@H]2c2cccc(OCc3ccccc3Cl)c2)no1. The van der Waals surface area contributed by atoms with Gasteiger partial charge in [-0.1, -0.05) is 58.7 Å². The number of rotatable bonds is 5. The first-order chi connectivity index (χ1) is 17.9. The van der Waals surface area contributed by atoms with Crippen molar-refractivity contribution in [1.29, 1.82) is 0 Å². The number of hydrogen-bond donors (Lipinski definition) is 0. The Bertz CT molecular complexity index is 1740. The van der Waals surface area contributed by atoms with E-state index in [0.29, 0.717) is 27.1 Å². The molecule has 6 rings (SSSR count). The molecule has 1 aliphatic rings. The summed E-state index contributed by atoms with van der Waals surface area (Å²) in [5.41, 5.74) is 1.60. The molecule has 0 radical (unpaired) electrons. The van der Waals surface area contributed by atoms with Gasteiger partial charge in [0.15, 0.2) is 11.2 Å². The molecule has 0 saturated carbocycles. The summed E-state index contributed by atoms with van der Waals surface area (Å²) in [7, 11) is 0. The first-order valence-electron chi connectivity index (χ1n) is 11.4. The van der Waals surface area contributed by atoms with Gasteiger partial charge < -0.3 is 13.7 Å². The molecule has 0 unspecified atom stereocenters. The second-order valence-corrected chi connectivity index (χ2v) is 9.48. The van der Waals surface area contributed by atoms with Crippen molar-refractivity contribution in [3.63, 3.8) is 0 Å². The minimum absolute atomic E-state index is 0.0483. The molecule has 1 aliphatic heterocycles. The van der Waals surface area contributed by atoms with E-state index in [1.165, 1.54) is 11.0 Å². The molecule has 1 atom stereocenters. The smallest absolute Gasteiger partial charge is 0.296 e. The van der Waals surface area contributed by atoms with Gasteiger partial charge in [-0.25, -0.2) is 0 Å². The number of carbonyl (C=O) groups excluding carboxylic acids is 1. The maximum Gasteiger partial charge on any atom is 0.296 e. The highest BCUT2D eigenvalue weighted by atomic mass is 35.5. The molecule has 0 N–H and O–H groups in total. The fraction of sp³-hybridized carbons (Fsp3) is 0.107.